The average molecular weight is 553 g/mol. The Morgan fingerprint density at radius 3 is 1.36 bits per heavy atom. The summed E-state index contributed by atoms with van der Waals surface area (Å²) in [4.78, 5) is 0. The largest absolute Gasteiger partial charge is 0.454 e. The van der Waals surface area contributed by atoms with Crippen LogP contribution in [0.4, 0.5) is 0 Å². The smallest absolute Gasteiger partial charge is 0.151 e. The molecule has 4 heterocycles. The van der Waals surface area contributed by atoms with E-state index in [4.69, 9.17) is 8.83 Å². The Morgan fingerprint density at radius 2 is 1.02 bits per heavy atom. The predicted molar refractivity (Wildman–Crippen MR) is 161 cm³/mol. The van der Waals surface area contributed by atoms with Gasteiger partial charge in [-0.05, 0) is 72.5 Å². The summed E-state index contributed by atoms with van der Waals surface area (Å²) in [5.41, 5.74) is 4.77. The van der Waals surface area contributed by atoms with Crippen LogP contribution in [0.1, 0.15) is 39.1 Å². The van der Waals surface area contributed by atoms with Gasteiger partial charge in [0, 0.05) is 35.2 Å². The zero-order valence-corrected chi connectivity index (χ0v) is 23.8. The first-order chi connectivity index (χ1) is 20.2. The van der Waals surface area contributed by atoms with Crippen molar-refractivity contribution in [3.05, 3.63) is 71.1 Å². The second-order valence-corrected chi connectivity index (χ2v) is 11.0. The van der Waals surface area contributed by atoms with Crippen molar-refractivity contribution in [2.75, 3.05) is 0 Å². The number of nitrogens with zero attached hydrogens (tertiary/aromatic N) is 6. The maximum Gasteiger partial charge on any atom is 0.151 e. The fourth-order valence-electron chi connectivity index (χ4n) is 5.09. The molecular weight excluding hydrogens is 524 g/mol. The molecule has 42 heavy (non-hydrogen) atoms. The number of aromatic nitrogens is 2. The van der Waals surface area contributed by atoms with Gasteiger partial charge in [0.25, 0.3) is 0 Å². The first kappa shape index (κ1) is 27.9. The van der Waals surface area contributed by atoms with Crippen LogP contribution in [0.25, 0.3) is 57.0 Å². The second kappa shape index (κ2) is 11.4. The SMILES string of the molecule is CC(C)Cn1c(C=C(C#N)C#N)ccc1-c1cc2cc3oc(-c4ccc(C=C(C#N)C#N)n4CC(C)C)cc3cc2o1. The van der Waals surface area contributed by atoms with E-state index in [-0.39, 0.29) is 11.1 Å². The van der Waals surface area contributed by atoms with E-state index in [0.29, 0.717) is 47.6 Å². The van der Waals surface area contributed by atoms with Gasteiger partial charge in [-0.15, -0.1) is 0 Å². The van der Waals surface area contributed by atoms with E-state index in [9.17, 15) is 21.0 Å². The lowest BCUT2D eigenvalue weighted by atomic mass is 10.1. The molecule has 8 nitrogen and oxygen atoms in total. The Kier molecular flexibility index (Phi) is 7.57. The van der Waals surface area contributed by atoms with E-state index in [2.05, 4.69) is 36.8 Å². The lowest BCUT2D eigenvalue weighted by Gasteiger charge is -2.13. The van der Waals surface area contributed by atoms with Gasteiger partial charge < -0.3 is 18.0 Å². The minimum absolute atomic E-state index is 0.0451. The molecule has 0 bridgehead atoms. The molecule has 0 saturated heterocycles. The van der Waals surface area contributed by atoms with E-state index in [1.807, 2.05) is 72.8 Å². The third-order valence-electron chi connectivity index (χ3n) is 6.85. The van der Waals surface area contributed by atoms with Crippen LogP contribution in [0, 0.1) is 57.2 Å². The van der Waals surface area contributed by atoms with Gasteiger partial charge in [0.2, 0.25) is 0 Å². The molecule has 8 heteroatoms. The lowest BCUT2D eigenvalue weighted by molar-refractivity contribution is 0.519. The van der Waals surface area contributed by atoms with Gasteiger partial charge in [0.15, 0.2) is 11.5 Å². The van der Waals surface area contributed by atoms with Crippen molar-refractivity contribution in [2.24, 2.45) is 11.8 Å². The van der Waals surface area contributed by atoms with Gasteiger partial charge in [0.05, 0.1) is 11.4 Å². The van der Waals surface area contributed by atoms with Gasteiger partial charge in [0.1, 0.15) is 46.6 Å². The Balaban J connectivity index is 1.57. The molecule has 0 aliphatic carbocycles. The zero-order valence-electron chi connectivity index (χ0n) is 23.8. The molecule has 0 spiro atoms. The highest BCUT2D eigenvalue weighted by atomic mass is 16.3. The maximum absolute atomic E-state index is 9.25. The number of nitriles is 4. The van der Waals surface area contributed by atoms with Gasteiger partial charge in [-0.3, -0.25) is 0 Å². The van der Waals surface area contributed by atoms with Crippen LogP contribution in [0.3, 0.4) is 0 Å². The number of rotatable bonds is 8. The predicted octanol–water partition coefficient (Wildman–Crippen LogP) is 8.29. The molecule has 0 aliphatic heterocycles. The highest BCUT2D eigenvalue weighted by Crippen LogP contribution is 2.36. The Morgan fingerprint density at radius 1 is 0.643 bits per heavy atom. The van der Waals surface area contributed by atoms with Crippen molar-refractivity contribution in [2.45, 2.75) is 40.8 Å². The van der Waals surface area contributed by atoms with Crippen LogP contribution < -0.4 is 0 Å². The van der Waals surface area contributed by atoms with Crippen molar-refractivity contribution in [1.29, 1.82) is 21.0 Å². The summed E-state index contributed by atoms with van der Waals surface area (Å²) in [7, 11) is 0. The van der Waals surface area contributed by atoms with E-state index in [0.717, 1.165) is 33.5 Å². The summed E-state index contributed by atoms with van der Waals surface area (Å²) in [5.74, 6) is 2.03. The summed E-state index contributed by atoms with van der Waals surface area (Å²) in [5, 5.41) is 38.8. The summed E-state index contributed by atoms with van der Waals surface area (Å²) in [6.07, 6.45) is 3.20. The highest BCUT2D eigenvalue weighted by Gasteiger charge is 2.18. The molecule has 0 N–H and O–H groups in total. The van der Waals surface area contributed by atoms with E-state index in [1.54, 1.807) is 12.2 Å². The summed E-state index contributed by atoms with van der Waals surface area (Å²) in [6, 6.07) is 23.3. The molecule has 5 aromatic rings. The average Bonchev–Trinajstić information content (AvgIpc) is 3.73. The van der Waals surface area contributed by atoms with Crippen molar-refractivity contribution < 1.29 is 8.83 Å². The topological polar surface area (TPSA) is 131 Å². The molecule has 0 aliphatic rings. The Bertz CT molecular complexity index is 1820. The number of furan rings is 2. The third-order valence-corrected chi connectivity index (χ3v) is 6.85. The van der Waals surface area contributed by atoms with Gasteiger partial charge in [-0.1, -0.05) is 27.7 Å². The normalized spacial score (nSPS) is 10.9. The minimum Gasteiger partial charge on any atom is -0.454 e. The highest BCUT2D eigenvalue weighted by molar-refractivity contribution is 5.96. The number of benzene rings is 1. The quantitative estimate of drug-likeness (QED) is 0.178. The van der Waals surface area contributed by atoms with E-state index >= 15 is 0 Å². The van der Waals surface area contributed by atoms with E-state index in [1.165, 1.54) is 0 Å². The van der Waals surface area contributed by atoms with Crippen LogP contribution in [-0.2, 0) is 13.1 Å². The van der Waals surface area contributed by atoms with Crippen molar-refractivity contribution >= 4 is 34.1 Å². The fraction of sp³-hybridized carbons (Fsp3) is 0.235. The number of allylic oxidation sites excluding steroid dienone is 2. The molecular formula is C34H28N6O2. The molecule has 0 saturated carbocycles. The van der Waals surface area contributed by atoms with Crippen LogP contribution >= 0.6 is 0 Å². The minimum atomic E-state index is 0.0451. The zero-order chi connectivity index (χ0) is 30.0. The summed E-state index contributed by atoms with van der Waals surface area (Å²) >= 11 is 0. The van der Waals surface area contributed by atoms with Crippen LogP contribution in [0.2, 0.25) is 0 Å². The summed E-state index contributed by atoms with van der Waals surface area (Å²) < 4.78 is 16.8. The van der Waals surface area contributed by atoms with E-state index < -0.39 is 0 Å². The molecule has 0 radical (unpaired) electrons. The van der Waals surface area contributed by atoms with Gasteiger partial charge in [-0.25, -0.2) is 0 Å². The number of fused-ring (bicyclic) bond motifs is 2. The molecule has 0 fully saturated rings. The Hall–Kier alpha value is -5.70. The summed E-state index contributed by atoms with van der Waals surface area (Å²) in [6.45, 7) is 9.83. The molecule has 5 rings (SSSR count). The van der Waals surface area contributed by atoms with Crippen molar-refractivity contribution in [1.82, 2.24) is 9.13 Å². The monoisotopic (exact) mass is 552 g/mol. The molecule has 206 valence electrons. The van der Waals surface area contributed by atoms with Gasteiger partial charge >= 0.3 is 0 Å². The van der Waals surface area contributed by atoms with Crippen LogP contribution in [0.5, 0.6) is 0 Å². The standard InChI is InChI=1S/C34H28N6O2/c1-21(2)19-39-27(9-23(15-35)16-36)5-7-29(39)33-13-25-11-32-26(12-31(25)41-33)14-34(42-32)30-8-6-28(10-24(17-37)18-38)40(30)20-22(3)4/h5-14,21-22H,19-20H2,1-4H3. The first-order valence-corrected chi connectivity index (χ1v) is 13.6. The Labute approximate surface area is 243 Å². The van der Waals surface area contributed by atoms with Crippen LogP contribution in [0.15, 0.2) is 68.5 Å². The molecule has 0 amide bonds. The second-order valence-electron chi connectivity index (χ2n) is 11.0. The van der Waals surface area contributed by atoms with Crippen molar-refractivity contribution in [3.63, 3.8) is 0 Å². The lowest BCUT2D eigenvalue weighted by Crippen LogP contribution is -2.07. The number of hydrogen-bond acceptors (Lipinski definition) is 6. The van der Waals surface area contributed by atoms with Crippen molar-refractivity contribution in [3.8, 4) is 47.2 Å². The third kappa shape index (κ3) is 5.35. The first-order valence-electron chi connectivity index (χ1n) is 13.6. The molecule has 0 atom stereocenters. The molecule has 4 aromatic heterocycles. The molecule has 0 unspecified atom stereocenters. The van der Waals surface area contributed by atoms with Crippen LogP contribution in [-0.4, -0.2) is 9.13 Å². The van der Waals surface area contributed by atoms with Gasteiger partial charge in [-0.2, -0.15) is 21.0 Å². The fourth-order valence-corrected chi connectivity index (χ4v) is 5.09. The number of hydrogen-bond donors (Lipinski definition) is 0. The molecule has 1 aromatic carbocycles. The maximum atomic E-state index is 9.25.